The van der Waals surface area contributed by atoms with E-state index in [-0.39, 0.29) is 23.5 Å². The van der Waals surface area contributed by atoms with Crippen LogP contribution in [-0.4, -0.2) is 34.0 Å². The van der Waals surface area contributed by atoms with E-state index in [1.807, 2.05) is 6.92 Å². The number of amides is 1. The number of rotatable bonds is 5. The monoisotopic (exact) mass is 401 g/mol. The van der Waals surface area contributed by atoms with Crippen molar-refractivity contribution in [2.24, 2.45) is 13.0 Å². The summed E-state index contributed by atoms with van der Waals surface area (Å²) in [6, 6.07) is 5.95. The maximum Gasteiger partial charge on any atom is 0.573 e. The molecule has 1 saturated carbocycles. The summed E-state index contributed by atoms with van der Waals surface area (Å²) >= 11 is 6.20. The first kappa shape index (κ1) is 19.5. The fourth-order valence-electron chi connectivity index (χ4n) is 3.27. The summed E-state index contributed by atoms with van der Waals surface area (Å²) in [7, 11) is 3.37. The second-order valence-corrected chi connectivity index (χ2v) is 7.07. The number of hydrogen-bond donors (Lipinski definition) is 0. The molecule has 1 fully saturated rings. The zero-order valence-electron chi connectivity index (χ0n) is 15.0. The molecule has 0 bridgehead atoms. The number of benzene rings is 1. The molecule has 1 aliphatic rings. The molecular formula is C18H19ClF3N3O2. The van der Waals surface area contributed by atoms with Crippen LogP contribution >= 0.6 is 11.6 Å². The summed E-state index contributed by atoms with van der Waals surface area (Å²) in [4.78, 5) is 14.2. The van der Waals surface area contributed by atoms with E-state index >= 15 is 0 Å². The van der Waals surface area contributed by atoms with Gasteiger partial charge in [0.05, 0.1) is 12.2 Å². The molecule has 1 aromatic heterocycles. The predicted octanol–water partition coefficient (Wildman–Crippen LogP) is 4.04. The van der Waals surface area contributed by atoms with Crippen LogP contribution in [0.1, 0.15) is 29.2 Å². The molecule has 0 unspecified atom stereocenters. The molecule has 0 saturated heterocycles. The summed E-state index contributed by atoms with van der Waals surface area (Å²) in [5.41, 5.74) is 1.89. The average Bonchev–Trinajstić information content (AvgIpc) is 3.33. The van der Waals surface area contributed by atoms with E-state index in [0.717, 1.165) is 11.3 Å². The highest BCUT2D eigenvalue weighted by molar-refractivity contribution is 6.30. The molecular weight excluding hydrogens is 383 g/mol. The molecule has 1 amide bonds. The second-order valence-electron chi connectivity index (χ2n) is 6.71. The summed E-state index contributed by atoms with van der Waals surface area (Å²) in [6.45, 7) is 2.10. The van der Waals surface area contributed by atoms with Crippen molar-refractivity contribution in [3.05, 3.63) is 46.2 Å². The fourth-order valence-corrected chi connectivity index (χ4v) is 3.50. The molecule has 27 heavy (non-hydrogen) atoms. The van der Waals surface area contributed by atoms with Gasteiger partial charge in [0.2, 0.25) is 5.91 Å². The van der Waals surface area contributed by atoms with E-state index in [4.69, 9.17) is 11.6 Å². The number of hydrogen-bond acceptors (Lipinski definition) is 3. The van der Waals surface area contributed by atoms with Gasteiger partial charge in [-0.05, 0) is 30.9 Å². The first-order valence-corrected chi connectivity index (χ1v) is 8.74. The van der Waals surface area contributed by atoms with Crippen LogP contribution in [0, 0.1) is 12.8 Å². The van der Waals surface area contributed by atoms with Gasteiger partial charge in [-0.1, -0.05) is 29.8 Å². The van der Waals surface area contributed by atoms with Gasteiger partial charge in [0.25, 0.3) is 0 Å². The molecule has 0 aliphatic heterocycles. The fraction of sp³-hybridized carbons (Fsp3) is 0.444. The lowest BCUT2D eigenvalue weighted by atomic mass is 10.1. The van der Waals surface area contributed by atoms with Crippen molar-refractivity contribution in [2.45, 2.75) is 32.2 Å². The molecule has 0 spiro atoms. The Kier molecular flexibility index (Phi) is 5.12. The number of alkyl halides is 3. The number of nitrogens with zero attached hydrogens (tertiary/aromatic N) is 3. The molecule has 0 radical (unpaired) electrons. The number of aryl methyl sites for hydroxylation is 2. The molecule has 5 nitrogen and oxygen atoms in total. The zero-order valence-corrected chi connectivity index (χ0v) is 15.8. The predicted molar refractivity (Wildman–Crippen MR) is 93.4 cm³/mol. The van der Waals surface area contributed by atoms with Gasteiger partial charge in [0.15, 0.2) is 0 Å². The molecule has 1 heterocycles. The van der Waals surface area contributed by atoms with Gasteiger partial charge >= 0.3 is 6.36 Å². The summed E-state index contributed by atoms with van der Waals surface area (Å²) < 4.78 is 43.4. The minimum atomic E-state index is -4.77. The molecule has 1 aliphatic carbocycles. The SMILES string of the molecule is Cc1nn(C)c(Cl)c1CN(C)C(=O)[C@@H]1C[C@H]1c1ccccc1OC(F)(F)F. The number of halogens is 4. The van der Waals surface area contributed by atoms with Crippen molar-refractivity contribution in [3.63, 3.8) is 0 Å². The highest BCUT2D eigenvalue weighted by atomic mass is 35.5. The Morgan fingerprint density at radius 2 is 2.07 bits per heavy atom. The van der Waals surface area contributed by atoms with Crippen molar-refractivity contribution < 1.29 is 22.7 Å². The van der Waals surface area contributed by atoms with Crippen LogP contribution in [0.3, 0.4) is 0 Å². The van der Waals surface area contributed by atoms with Gasteiger partial charge in [-0.15, -0.1) is 13.2 Å². The lowest BCUT2D eigenvalue weighted by Gasteiger charge is -2.18. The van der Waals surface area contributed by atoms with E-state index in [0.29, 0.717) is 23.7 Å². The average molecular weight is 402 g/mol. The molecule has 9 heteroatoms. The number of ether oxygens (including phenoxy) is 1. The van der Waals surface area contributed by atoms with E-state index < -0.39 is 6.36 Å². The summed E-state index contributed by atoms with van der Waals surface area (Å²) in [5, 5.41) is 4.68. The Labute approximate surface area is 159 Å². The van der Waals surface area contributed by atoms with Gasteiger partial charge in [-0.3, -0.25) is 9.48 Å². The first-order valence-electron chi connectivity index (χ1n) is 8.36. The summed E-state index contributed by atoms with van der Waals surface area (Å²) in [6.07, 6.45) is -4.28. The Hall–Kier alpha value is -2.22. The van der Waals surface area contributed by atoms with Crippen LogP contribution in [0.5, 0.6) is 5.75 Å². The van der Waals surface area contributed by atoms with Crippen LogP contribution in [0.4, 0.5) is 13.2 Å². The van der Waals surface area contributed by atoms with Crippen LogP contribution in [0.25, 0.3) is 0 Å². The van der Waals surface area contributed by atoms with Crippen molar-refractivity contribution >= 4 is 17.5 Å². The second kappa shape index (κ2) is 7.07. The minimum absolute atomic E-state index is 0.138. The van der Waals surface area contributed by atoms with E-state index in [1.54, 1.807) is 26.2 Å². The molecule has 2 atom stereocenters. The van der Waals surface area contributed by atoms with Crippen LogP contribution < -0.4 is 4.74 Å². The van der Waals surface area contributed by atoms with Crippen molar-refractivity contribution in [2.75, 3.05) is 7.05 Å². The van der Waals surface area contributed by atoms with Crippen LogP contribution in [-0.2, 0) is 18.4 Å². The van der Waals surface area contributed by atoms with Gasteiger partial charge in [0.1, 0.15) is 10.9 Å². The summed E-state index contributed by atoms with van der Waals surface area (Å²) in [5.74, 6) is -1.05. The van der Waals surface area contributed by atoms with E-state index in [2.05, 4.69) is 9.84 Å². The highest BCUT2D eigenvalue weighted by Gasteiger charge is 2.47. The molecule has 3 rings (SSSR count). The van der Waals surface area contributed by atoms with E-state index in [1.165, 1.54) is 21.7 Å². The molecule has 146 valence electrons. The van der Waals surface area contributed by atoms with E-state index in [9.17, 15) is 18.0 Å². The molecule has 0 N–H and O–H groups in total. The largest absolute Gasteiger partial charge is 0.573 e. The van der Waals surface area contributed by atoms with Crippen LogP contribution in [0.2, 0.25) is 5.15 Å². The third-order valence-corrected chi connectivity index (χ3v) is 5.17. The van der Waals surface area contributed by atoms with Gasteiger partial charge in [0, 0.05) is 25.6 Å². The van der Waals surface area contributed by atoms with Gasteiger partial charge in [-0.2, -0.15) is 5.10 Å². The lowest BCUT2D eigenvalue weighted by molar-refractivity contribution is -0.274. The third-order valence-electron chi connectivity index (χ3n) is 4.69. The molecule has 1 aromatic carbocycles. The zero-order chi connectivity index (χ0) is 19.9. The number of carbonyl (C=O) groups excluding carboxylic acids is 1. The Balaban J connectivity index is 1.70. The first-order chi connectivity index (χ1) is 12.6. The Morgan fingerprint density at radius 1 is 1.41 bits per heavy atom. The van der Waals surface area contributed by atoms with Crippen LogP contribution in [0.15, 0.2) is 24.3 Å². The van der Waals surface area contributed by atoms with Crippen molar-refractivity contribution in [3.8, 4) is 5.75 Å². The number of para-hydroxylation sites is 1. The standard InChI is InChI=1S/C18H19ClF3N3O2/c1-10-14(16(19)25(3)23-10)9-24(2)17(26)13-8-12(13)11-6-4-5-7-15(11)27-18(20,21)22/h4-7,12-13H,8-9H2,1-3H3/t12-,13+/m0/s1. The maximum absolute atomic E-state index is 12.7. The topological polar surface area (TPSA) is 47.4 Å². The van der Waals surface area contributed by atoms with Crippen molar-refractivity contribution in [1.29, 1.82) is 0 Å². The maximum atomic E-state index is 12.7. The normalized spacial score (nSPS) is 19.1. The quantitative estimate of drug-likeness (QED) is 0.759. The molecule has 2 aromatic rings. The van der Waals surface area contributed by atoms with Gasteiger partial charge < -0.3 is 9.64 Å². The minimum Gasteiger partial charge on any atom is -0.405 e. The van der Waals surface area contributed by atoms with Gasteiger partial charge in [-0.25, -0.2) is 0 Å². The highest BCUT2D eigenvalue weighted by Crippen LogP contribution is 2.51. The Bertz CT molecular complexity index is 866. The smallest absolute Gasteiger partial charge is 0.405 e. The lowest BCUT2D eigenvalue weighted by Crippen LogP contribution is -2.28. The van der Waals surface area contributed by atoms with Crippen molar-refractivity contribution in [1.82, 2.24) is 14.7 Å². The number of aromatic nitrogens is 2. The third kappa shape index (κ3) is 4.21. The Morgan fingerprint density at radius 3 is 2.67 bits per heavy atom. The number of carbonyl (C=O) groups is 1.